The number of hydrogen-bond acceptors (Lipinski definition) is 4. The first-order valence-electron chi connectivity index (χ1n) is 5.93. The minimum Gasteiger partial charge on any atom is -0.506 e. The van der Waals surface area contributed by atoms with Crippen molar-refractivity contribution < 1.29 is 28.9 Å². The van der Waals surface area contributed by atoms with E-state index in [-0.39, 0.29) is 11.3 Å². The van der Waals surface area contributed by atoms with Gasteiger partial charge in [0.1, 0.15) is 11.6 Å². The molecular formula is C13H14FNO5. The van der Waals surface area contributed by atoms with Crippen LogP contribution in [0, 0.1) is 11.7 Å². The van der Waals surface area contributed by atoms with Crippen molar-refractivity contribution in [1.29, 1.82) is 0 Å². The molecule has 20 heavy (non-hydrogen) atoms. The molecule has 0 spiro atoms. The molecule has 1 aromatic carbocycles. The number of rotatable bonds is 3. The lowest BCUT2D eigenvalue weighted by Crippen LogP contribution is -2.26. The van der Waals surface area contributed by atoms with Crippen LogP contribution in [0.3, 0.4) is 0 Å². The van der Waals surface area contributed by atoms with Gasteiger partial charge in [-0.05, 0) is 18.1 Å². The number of phenolic OH excluding ortho intramolecular Hbond substituents is 1. The Labute approximate surface area is 114 Å². The largest absolute Gasteiger partial charge is 0.506 e. The number of halogens is 1. The Kier molecular flexibility index (Phi) is 3.52. The van der Waals surface area contributed by atoms with Gasteiger partial charge in [0, 0.05) is 19.0 Å². The fourth-order valence-electron chi connectivity index (χ4n) is 2.17. The second-order valence-electron chi connectivity index (χ2n) is 4.68. The molecule has 1 aliphatic rings. The van der Waals surface area contributed by atoms with Crippen LogP contribution in [0.5, 0.6) is 5.75 Å². The van der Waals surface area contributed by atoms with E-state index >= 15 is 0 Å². The lowest BCUT2D eigenvalue weighted by molar-refractivity contribution is -0.138. The van der Waals surface area contributed by atoms with E-state index in [1.807, 2.05) is 0 Å². The van der Waals surface area contributed by atoms with Gasteiger partial charge in [0.25, 0.3) is 0 Å². The molecular weight excluding hydrogens is 269 g/mol. The number of anilines is 1. The molecule has 1 aliphatic carbocycles. The fraction of sp³-hybridized carbons (Fsp3) is 0.385. The monoisotopic (exact) mass is 283 g/mol. The average Bonchev–Trinajstić information content (AvgIpc) is 3.17. The van der Waals surface area contributed by atoms with Gasteiger partial charge in [-0.2, -0.15) is 0 Å². The predicted molar refractivity (Wildman–Crippen MR) is 67.4 cm³/mol. The first-order chi connectivity index (χ1) is 9.36. The van der Waals surface area contributed by atoms with Crippen molar-refractivity contribution in [2.24, 2.45) is 5.92 Å². The molecule has 1 amide bonds. The third kappa shape index (κ3) is 2.38. The summed E-state index contributed by atoms with van der Waals surface area (Å²) in [4.78, 5) is 23.3. The molecule has 0 saturated heterocycles. The molecule has 0 bridgehead atoms. The highest BCUT2D eigenvalue weighted by molar-refractivity contribution is 5.89. The molecule has 1 fully saturated rings. The summed E-state index contributed by atoms with van der Waals surface area (Å²) in [5.41, 5.74) is 0.255. The Morgan fingerprint density at radius 2 is 2.10 bits per heavy atom. The maximum Gasteiger partial charge on any atom is 0.413 e. The van der Waals surface area contributed by atoms with Gasteiger partial charge in [0.05, 0.1) is 18.7 Å². The quantitative estimate of drug-likeness (QED) is 0.885. The summed E-state index contributed by atoms with van der Waals surface area (Å²) in [6.07, 6.45) is -0.373. The smallest absolute Gasteiger partial charge is 0.413 e. The van der Waals surface area contributed by atoms with E-state index in [1.165, 1.54) is 20.2 Å². The molecule has 1 saturated carbocycles. The van der Waals surface area contributed by atoms with E-state index in [9.17, 15) is 19.1 Å². The Bertz CT molecular complexity index is 574. The zero-order valence-corrected chi connectivity index (χ0v) is 11.0. The topological polar surface area (TPSA) is 87.1 Å². The highest BCUT2D eigenvalue weighted by Gasteiger charge is 2.45. The standard InChI is InChI=1S/C13H14FNO5/c1-15(13(19)20-2)10-4-7(9(14)5-11(10)16)6-3-8(6)12(17)18/h4-6,8,16H,3H2,1-2H3,(H,17,18)/t6-,8+/m1/s1. The first kappa shape index (κ1) is 14.1. The molecule has 0 aliphatic heterocycles. The minimum absolute atomic E-state index is 0.0734. The molecule has 1 aromatic rings. The van der Waals surface area contributed by atoms with Gasteiger partial charge in [0.15, 0.2) is 0 Å². The lowest BCUT2D eigenvalue weighted by Gasteiger charge is -2.18. The van der Waals surface area contributed by atoms with E-state index in [2.05, 4.69) is 4.74 Å². The van der Waals surface area contributed by atoms with E-state index in [1.54, 1.807) is 0 Å². The van der Waals surface area contributed by atoms with Gasteiger partial charge < -0.3 is 14.9 Å². The summed E-state index contributed by atoms with van der Waals surface area (Å²) in [6.45, 7) is 0. The molecule has 2 atom stereocenters. The van der Waals surface area contributed by atoms with Crippen molar-refractivity contribution in [2.45, 2.75) is 12.3 Å². The van der Waals surface area contributed by atoms with Crippen LogP contribution in [0.25, 0.3) is 0 Å². The van der Waals surface area contributed by atoms with Gasteiger partial charge in [-0.15, -0.1) is 0 Å². The van der Waals surface area contributed by atoms with Crippen LogP contribution in [0.4, 0.5) is 14.9 Å². The van der Waals surface area contributed by atoms with Crippen molar-refractivity contribution in [3.05, 3.63) is 23.5 Å². The van der Waals surface area contributed by atoms with Gasteiger partial charge in [0.2, 0.25) is 0 Å². The third-order valence-electron chi connectivity index (χ3n) is 3.41. The molecule has 6 nitrogen and oxygen atoms in total. The van der Waals surface area contributed by atoms with E-state index in [4.69, 9.17) is 5.11 Å². The highest BCUT2D eigenvalue weighted by Crippen LogP contribution is 2.50. The van der Waals surface area contributed by atoms with Crippen LogP contribution in [0.15, 0.2) is 12.1 Å². The number of carbonyl (C=O) groups is 2. The van der Waals surface area contributed by atoms with Crippen molar-refractivity contribution >= 4 is 17.7 Å². The molecule has 7 heteroatoms. The number of ether oxygens (including phenoxy) is 1. The summed E-state index contributed by atoms with van der Waals surface area (Å²) in [6, 6.07) is 2.16. The summed E-state index contributed by atoms with van der Waals surface area (Å²) in [5, 5.41) is 18.6. The summed E-state index contributed by atoms with van der Waals surface area (Å²) < 4.78 is 18.3. The van der Waals surface area contributed by atoms with Gasteiger partial charge in [-0.1, -0.05) is 0 Å². The zero-order valence-electron chi connectivity index (χ0n) is 11.0. The predicted octanol–water partition coefficient (Wildman–Crippen LogP) is 1.92. The van der Waals surface area contributed by atoms with E-state index < -0.39 is 35.5 Å². The Hall–Kier alpha value is -2.31. The number of nitrogens with zero attached hydrogens (tertiary/aromatic N) is 1. The summed E-state index contributed by atoms with van der Waals surface area (Å²) in [7, 11) is 2.55. The molecule has 0 unspecified atom stereocenters. The van der Waals surface area contributed by atoms with Crippen LogP contribution in [-0.2, 0) is 9.53 Å². The van der Waals surface area contributed by atoms with Crippen molar-refractivity contribution in [3.8, 4) is 5.75 Å². The number of methoxy groups -OCH3 is 1. The average molecular weight is 283 g/mol. The second kappa shape index (κ2) is 4.99. The number of aliphatic carboxylic acids is 1. The SMILES string of the molecule is COC(=O)N(C)c1cc([C@H]2C[C@@H]2C(=O)O)c(F)cc1O. The van der Waals surface area contributed by atoms with Crippen molar-refractivity contribution in [3.63, 3.8) is 0 Å². The first-order valence-corrected chi connectivity index (χ1v) is 5.93. The number of benzene rings is 1. The molecule has 108 valence electrons. The van der Waals surface area contributed by atoms with Crippen LogP contribution < -0.4 is 4.90 Å². The Morgan fingerprint density at radius 1 is 1.45 bits per heavy atom. The number of aromatic hydroxyl groups is 1. The fourth-order valence-corrected chi connectivity index (χ4v) is 2.17. The normalized spacial score (nSPS) is 20.4. The van der Waals surface area contributed by atoms with Crippen LogP contribution in [0.2, 0.25) is 0 Å². The second-order valence-corrected chi connectivity index (χ2v) is 4.68. The Balaban J connectivity index is 2.36. The van der Waals surface area contributed by atoms with Gasteiger partial charge >= 0.3 is 12.1 Å². The summed E-state index contributed by atoms with van der Waals surface area (Å²) >= 11 is 0. The Morgan fingerprint density at radius 3 is 2.60 bits per heavy atom. The number of carboxylic acid groups (broad SMARTS) is 1. The molecule has 2 rings (SSSR count). The van der Waals surface area contributed by atoms with Crippen LogP contribution in [-0.4, -0.2) is 36.4 Å². The highest BCUT2D eigenvalue weighted by atomic mass is 19.1. The minimum atomic E-state index is -0.981. The maximum absolute atomic E-state index is 13.8. The third-order valence-corrected chi connectivity index (χ3v) is 3.41. The van der Waals surface area contributed by atoms with E-state index in [0.717, 1.165) is 11.0 Å². The molecule has 0 radical (unpaired) electrons. The van der Waals surface area contributed by atoms with Crippen molar-refractivity contribution in [2.75, 3.05) is 19.1 Å². The maximum atomic E-state index is 13.8. The molecule has 0 aromatic heterocycles. The van der Waals surface area contributed by atoms with E-state index in [0.29, 0.717) is 6.42 Å². The number of amides is 1. The molecule has 2 N–H and O–H groups in total. The lowest BCUT2D eigenvalue weighted by atomic mass is 10.1. The zero-order chi connectivity index (χ0) is 15.0. The number of hydrogen-bond donors (Lipinski definition) is 2. The number of phenols is 1. The summed E-state index contributed by atoms with van der Waals surface area (Å²) in [5.74, 6) is -3.13. The number of carboxylic acids is 1. The molecule has 0 heterocycles. The van der Waals surface area contributed by atoms with Crippen LogP contribution >= 0.6 is 0 Å². The van der Waals surface area contributed by atoms with Gasteiger partial charge in [-0.25, -0.2) is 9.18 Å². The van der Waals surface area contributed by atoms with Crippen molar-refractivity contribution in [1.82, 2.24) is 0 Å². The van der Waals surface area contributed by atoms with Crippen LogP contribution in [0.1, 0.15) is 17.9 Å². The number of carbonyl (C=O) groups excluding carboxylic acids is 1. The van der Waals surface area contributed by atoms with Gasteiger partial charge in [-0.3, -0.25) is 9.69 Å².